The van der Waals surface area contributed by atoms with E-state index in [0.717, 1.165) is 43.1 Å². The minimum atomic E-state index is -0.426. The van der Waals surface area contributed by atoms with Crippen LogP contribution in [0.3, 0.4) is 0 Å². The fourth-order valence-corrected chi connectivity index (χ4v) is 3.16. The minimum Gasteiger partial charge on any atom is -0.463 e. The highest BCUT2D eigenvalue weighted by Gasteiger charge is 2.28. The van der Waals surface area contributed by atoms with E-state index in [1.54, 1.807) is 6.33 Å². The number of rotatable bonds is 4. The topological polar surface area (TPSA) is 84.2 Å². The number of ether oxygens (including phenoxy) is 1. The van der Waals surface area contributed by atoms with Crippen molar-refractivity contribution >= 4 is 5.97 Å². The third-order valence-electron chi connectivity index (χ3n) is 4.62. The third kappa shape index (κ3) is 3.14. The molecule has 1 atom stereocenters. The van der Waals surface area contributed by atoms with Crippen LogP contribution >= 0.6 is 0 Å². The molecule has 0 aliphatic carbocycles. The zero-order chi connectivity index (χ0) is 16.4. The lowest BCUT2D eigenvalue weighted by Crippen LogP contribution is -2.35. The number of methoxy groups -OCH3 is 1. The number of furan rings is 1. The molecule has 0 unspecified atom stereocenters. The predicted octanol–water partition coefficient (Wildman–Crippen LogP) is 2.43. The Morgan fingerprint density at radius 1 is 1.48 bits per heavy atom. The average Bonchev–Trinajstić information content (AvgIpc) is 3.23. The molecule has 0 saturated carbocycles. The molecule has 0 radical (unpaired) electrons. The predicted molar refractivity (Wildman–Crippen MR) is 83.1 cm³/mol. The molecule has 0 amide bonds. The van der Waals surface area contributed by atoms with E-state index in [2.05, 4.69) is 27.0 Å². The highest BCUT2D eigenvalue weighted by molar-refractivity contribution is 5.87. The number of aromatic nitrogens is 3. The van der Waals surface area contributed by atoms with Gasteiger partial charge in [-0.2, -0.15) is 5.10 Å². The first kappa shape index (κ1) is 15.7. The number of nitrogens with zero attached hydrogens (tertiary/aromatic N) is 3. The molecule has 2 aromatic heterocycles. The number of carbonyl (C=O) groups is 1. The minimum absolute atomic E-state index is 0.128. The van der Waals surface area contributed by atoms with E-state index < -0.39 is 5.97 Å². The summed E-state index contributed by atoms with van der Waals surface area (Å²) in [4.78, 5) is 18.3. The number of nitrogens with one attached hydrogen (secondary N) is 1. The summed E-state index contributed by atoms with van der Waals surface area (Å²) >= 11 is 0. The number of H-pyrrole nitrogens is 1. The lowest BCUT2D eigenvalue weighted by atomic mass is 9.95. The van der Waals surface area contributed by atoms with Gasteiger partial charge in [0.2, 0.25) is 5.76 Å². The number of esters is 1. The molecule has 0 aromatic carbocycles. The summed E-state index contributed by atoms with van der Waals surface area (Å²) in [5, 5.41) is 6.89. The number of hydrogen-bond acceptors (Lipinski definition) is 6. The van der Waals surface area contributed by atoms with Crippen molar-refractivity contribution in [2.24, 2.45) is 0 Å². The lowest BCUT2D eigenvalue weighted by Gasteiger charge is -2.34. The van der Waals surface area contributed by atoms with Crippen LogP contribution in [-0.2, 0) is 4.74 Å². The number of carbonyl (C=O) groups excluding carboxylic acids is 1. The summed E-state index contributed by atoms with van der Waals surface area (Å²) in [7, 11) is 1.36. The Hall–Kier alpha value is -2.15. The van der Waals surface area contributed by atoms with Crippen molar-refractivity contribution in [1.29, 1.82) is 0 Å². The zero-order valence-electron chi connectivity index (χ0n) is 13.7. The first-order valence-corrected chi connectivity index (χ1v) is 7.88. The Morgan fingerprint density at radius 2 is 2.22 bits per heavy atom. The van der Waals surface area contributed by atoms with E-state index in [0.29, 0.717) is 11.7 Å². The summed E-state index contributed by atoms with van der Waals surface area (Å²) < 4.78 is 10.5. The molecule has 0 bridgehead atoms. The molecular weight excluding hydrogens is 296 g/mol. The second-order valence-corrected chi connectivity index (χ2v) is 6.01. The van der Waals surface area contributed by atoms with Crippen molar-refractivity contribution in [2.75, 3.05) is 20.2 Å². The van der Waals surface area contributed by atoms with Crippen LogP contribution in [0.25, 0.3) is 0 Å². The summed E-state index contributed by atoms with van der Waals surface area (Å²) in [6, 6.07) is 2.06. The van der Waals surface area contributed by atoms with Gasteiger partial charge in [-0.3, -0.25) is 10.00 Å². The van der Waals surface area contributed by atoms with Crippen LogP contribution < -0.4 is 0 Å². The molecule has 1 aliphatic rings. The van der Waals surface area contributed by atoms with Gasteiger partial charge in [-0.05, 0) is 45.8 Å². The Balaban J connectivity index is 1.65. The standard InChI is InChI=1S/C16H22N4O3/c1-10-8-13(23-14(10)16(21)22-3)11(2)20-6-4-12(5-7-20)15-17-9-18-19-15/h8-9,11-12H,4-7H2,1-3H3,(H,17,18,19)/t11-/m0/s1. The molecule has 23 heavy (non-hydrogen) atoms. The normalized spacial score (nSPS) is 18.0. The van der Waals surface area contributed by atoms with Gasteiger partial charge < -0.3 is 9.15 Å². The Labute approximate surface area is 135 Å². The largest absolute Gasteiger partial charge is 0.463 e. The summed E-state index contributed by atoms with van der Waals surface area (Å²) in [5.74, 6) is 2.08. The van der Waals surface area contributed by atoms with Crippen LogP contribution in [0.4, 0.5) is 0 Å². The van der Waals surface area contributed by atoms with Crippen LogP contribution in [0.15, 0.2) is 16.8 Å². The second kappa shape index (κ2) is 6.54. The molecule has 1 N–H and O–H groups in total. The molecule has 3 heterocycles. The SMILES string of the molecule is COC(=O)c1oc([C@H](C)N2CCC(c3ncn[nH]3)CC2)cc1C. The van der Waals surface area contributed by atoms with E-state index >= 15 is 0 Å². The van der Waals surface area contributed by atoms with Gasteiger partial charge in [0, 0.05) is 11.5 Å². The van der Waals surface area contributed by atoms with Gasteiger partial charge in [-0.1, -0.05) is 0 Å². The molecular formula is C16H22N4O3. The number of piperidine rings is 1. The first-order chi connectivity index (χ1) is 11.1. The van der Waals surface area contributed by atoms with E-state index in [4.69, 9.17) is 9.15 Å². The quantitative estimate of drug-likeness (QED) is 0.872. The van der Waals surface area contributed by atoms with E-state index in [9.17, 15) is 4.79 Å². The molecule has 1 saturated heterocycles. The van der Waals surface area contributed by atoms with Crippen LogP contribution in [0.1, 0.15) is 59.4 Å². The summed E-state index contributed by atoms with van der Waals surface area (Å²) in [6.07, 6.45) is 3.62. The number of likely N-dealkylation sites (tertiary alicyclic amines) is 1. The van der Waals surface area contributed by atoms with Gasteiger partial charge in [0.25, 0.3) is 0 Å². The van der Waals surface area contributed by atoms with Crippen LogP contribution in [0.5, 0.6) is 0 Å². The van der Waals surface area contributed by atoms with Gasteiger partial charge in [0.1, 0.15) is 17.9 Å². The maximum absolute atomic E-state index is 11.7. The fraction of sp³-hybridized carbons (Fsp3) is 0.562. The Kier molecular flexibility index (Phi) is 4.47. The molecule has 3 rings (SSSR count). The first-order valence-electron chi connectivity index (χ1n) is 7.88. The maximum Gasteiger partial charge on any atom is 0.374 e. The Morgan fingerprint density at radius 3 is 2.83 bits per heavy atom. The van der Waals surface area contributed by atoms with Gasteiger partial charge in [-0.15, -0.1) is 0 Å². The van der Waals surface area contributed by atoms with Crippen LogP contribution in [0.2, 0.25) is 0 Å². The van der Waals surface area contributed by atoms with Gasteiger partial charge in [0.15, 0.2) is 0 Å². The van der Waals surface area contributed by atoms with Crippen molar-refractivity contribution < 1.29 is 13.9 Å². The van der Waals surface area contributed by atoms with Crippen molar-refractivity contribution in [3.63, 3.8) is 0 Å². The smallest absolute Gasteiger partial charge is 0.374 e. The molecule has 2 aromatic rings. The van der Waals surface area contributed by atoms with E-state index in [-0.39, 0.29) is 6.04 Å². The molecule has 124 valence electrons. The molecule has 7 nitrogen and oxygen atoms in total. The summed E-state index contributed by atoms with van der Waals surface area (Å²) in [5.41, 5.74) is 0.815. The van der Waals surface area contributed by atoms with E-state index in [1.807, 2.05) is 13.0 Å². The zero-order valence-corrected chi connectivity index (χ0v) is 13.7. The van der Waals surface area contributed by atoms with Crippen molar-refractivity contribution in [1.82, 2.24) is 20.1 Å². The van der Waals surface area contributed by atoms with Crippen molar-refractivity contribution in [3.8, 4) is 0 Å². The Bertz CT molecular complexity index is 657. The van der Waals surface area contributed by atoms with E-state index in [1.165, 1.54) is 7.11 Å². The maximum atomic E-state index is 11.7. The highest BCUT2D eigenvalue weighted by atomic mass is 16.5. The fourth-order valence-electron chi connectivity index (χ4n) is 3.16. The van der Waals surface area contributed by atoms with Gasteiger partial charge in [0.05, 0.1) is 13.2 Å². The number of aryl methyl sites for hydroxylation is 1. The van der Waals surface area contributed by atoms with Crippen molar-refractivity contribution in [2.45, 2.75) is 38.6 Å². The average molecular weight is 318 g/mol. The van der Waals surface area contributed by atoms with Gasteiger partial charge >= 0.3 is 5.97 Å². The van der Waals surface area contributed by atoms with Crippen molar-refractivity contribution in [3.05, 3.63) is 35.3 Å². The molecule has 7 heteroatoms. The lowest BCUT2D eigenvalue weighted by molar-refractivity contribution is 0.0556. The number of aromatic amines is 1. The molecule has 1 fully saturated rings. The highest BCUT2D eigenvalue weighted by Crippen LogP contribution is 2.32. The summed E-state index contributed by atoms with van der Waals surface area (Å²) in [6.45, 7) is 5.88. The third-order valence-corrected chi connectivity index (χ3v) is 4.62. The second-order valence-electron chi connectivity index (χ2n) is 6.01. The van der Waals surface area contributed by atoms with Crippen LogP contribution in [-0.4, -0.2) is 46.2 Å². The van der Waals surface area contributed by atoms with Crippen LogP contribution in [0, 0.1) is 6.92 Å². The monoisotopic (exact) mass is 318 g/mol. The molecule has 0 spiro atoms. The number of hydrogen-bond donors (Lipinski definition) is 1. The van der Waals surface area contributed by atoms with Gasteiger partial charge in [-0.25, -0.2) is 9.78 Å². The molecule has 1 aliphatic heterocycles.